The zero-order valence-corrected chi connectivity index (χ0v) is 9.30. The predicted octanol–water partition coefficient (Wildman–Crippen LogP) is 1.91. The highest BCUT2D eigenvalue weighted by atomic mass is 28.4. The summed E-state index contributed by atoms with van der Waals surface area (Å²) >= 11 is 0. The third-order valence-electron chi connectivity index (χ3n) is 0.989. The van der Waals surface area contributed by atoms with Gasteiger partial charge in [0, 0.05) is 0 Å². The monoisotopic (exact) mass is 188 g/mol. The van der Waals surface area contributed by atoms with Crippen LogP contribution < -0.4 is 0 Å². The van der Waals surface area contributed by atoms with Gasteiger partial charge in [-0.3, -0.25) is 0 Å². The van der Waals surface area contributed by atoms with Gasteiger partial charge in [-0.2, -0.15) is 0 Å². The van der Waals surface area contributed by atoms with Crippen LogP contribution in [0.5, 0.6) is 0 Å². The topological polar surface area (TPSA) is 35.5 Å². The van der Waals surface area contributed by atoms with E-state index in [1.165, 1.54) is 13.2 Å². The molecule has 0 aromatic rings. The van der Waals surface area contributed by atoms with Gasteiger partial charge in [-0.25, -0.2) is 4.79 Å². The molecule has 0 spiro atoms. The number of rotatable bonds is 3. The maximum atomic E-state index is 10.7. The Kier molecular flexibility index (Phi) is 4.02. The molecule has 70 valence electrons. The summed E-state index contributed by atoms with van der Waals surface area (Å²) < 4.78 is 9.96. The van der Waals surface area contributed by atoms with Crippen LogP contribution in [0.25, 0.3) is 0 Å². The Balaban J connectivity index is 4.12. The molecule has 0 saturated heterocycles. The molecule has 0 heterocycles. The highest BCUT2D eigenvalue weighted by molar-refractivity contribution is 6.70. The number of esters is 1. The average Bonchev–Trinajstić information content (AvgIpc) is 1.82. The van der Waals surface area contributed by atoms with Crippen molar-refractivity contribution in [3.05, 3.63) is 11.8 Å². The van der Waals surface area contributed by atoms with Gasteiger partial charge in [0.1, 0.15) is 0 Å². The molecule has 0 aliphatic carbocycles. The molecule has 0 aromatic carbocycles. The fourth-order valence-electron chi connectivity index (χ4n) is 0.737. The van der Waals surface area contributed by atoms with Crippen LogP contribution in [0.15, 0.2) is 11.8 Å². The molecule has 12 heavy (non-hydrogen) atoms. The number of hydrogen-bond acceptors (Lipinski definition) is 3. The smallest absolute Gasteiger partial charge is 0.333 e. The summed E-state index contributed by atoms with van der Waals surface area (Å²) in [4.78, 5) is 10.7. The van der Waals surface area contributed by atoms with Gasteiger partial charge in [0.05, 0.1) is 18.9 Å². The summed E-state index contributed by atoms with van der Waals surface area (Å²) in [5, 5.41) is 0. The third kappa shape index (κ3) is 5.97. The van der Waals surface area contributed by atoms with Crippen molar-refractivity contribution in [2.75, 3.05) is 7.11 Å². The van der Waals surface area contributed by atoms with Crippen LogP contribution in [-0.2, 0) is 14.0 Å². The fourth-order valence-corrected chi connectivity index (χ4v) is 1.76. The van der Waals surface area contributed by atoms with Gasteiger partial charge in [0.2, 0.25) is 8.32 Å². The van der Waals surface area contributed by atoms with E-state index >= 15 is 0 Å². The number of ether oxygens (including phenoxy) is 1. The van der Waals surface area contributed by atoms with Crippen molar-refractivity contribution in [3.63, 3.8) is 0 Å². The zero-order chi connectivity index (χ0) is 9.78. The summed E-state index contributed by atoms with van der Waals surface area (Å²) in [6, 6.07) is 0. The summed E-state index contributed by atoms with van der Waals surface area (Å²) in [7, 11) is -0.228. The largest absolute Gasteiger partial charge is 0.547 e. The molecule has 0 aromatic heterocycles. The molecule has 0 amide bonds. The normalized spacial score (nSPS) is 12.6. The molecule has 0 rings (SSSR count). The lowest BCUT2D eigenvalue weighted by Crippen LogP contribution is -2.24. The van der Waals surface area contributed by atoms with Gasteiger partial charge in [0.25, 0.3) is 0 Å². The first-order chi connectivity index (χ1) is 5.35. The van der Waals surface area contributed by atoms with Crippen LogP contribution in [0.3, 0.4) is 0 Å². The lowest BCUT2D eigenvalue weighted by molar-refractivity contribution is -0.135. The fraction of sp³-hybridized carbons (Fsp3) is 0.625. The maximum Gasteiger partial charge on any atom is 0.333 e. The minimum Gasteiger partial charge on any atom is -0.547 e. The molecule has 0 bridgehead atoms. The molecule has 0 aliphatic rings. The van der Waals surface area contributed by atoms with Gasteiger partial charge < -0.3 is 9.16 Å². The van der Waals surface area contributed by atoms with Crippen molar-refractivity contribution >= 4 is 14.3 Å². The van der Waals surface area contributed by atoms with Crippen molar-refractivity contribution in [1.29, 1.82) is 0 Å². The highest BCUT2D eigenvalue weighted by Crippen LogP contribution is 2.09. The Morgan fingerprint density at radius 1 is 1.33 bits per heavy atom. The van der Waals surface area contributed by atoms with E-state index in [0.717, 1.165) is 0 Å². The molecule has 0 atom stereocenters. The van der Waals surface area contributed by atoms with E-state index in [0.29, 0.717) is 5.76 Å². The Bertz CT molecular complexity index is 191. The van der Waals surface area contributed by atoms with Gasteiger partial charge >= 0.3 is 5.97 Å². The molecular formula is C8H16O3Si. The van der Waals surface area contributed by atoms with Crippen LogP contribution in [-0.4, -0.2) is 21.4 Å². The minimum atomic E-state index is -1.58. The lowest BCUT2D eigenvalue weighted by Gasteiger charge is -2.18. The van der Waals surface area contributed by atoms with E-state index in [9.17, 15) is 4.79 Å². The molecule has 0 saturated carbocycles. The van der Waals surface area contributed by atoms with Crippen molar-refractivity contribution < 1.29 is 14.0 Å². The second-order valence-corrected chi connectivity index (χ2v) is 7.92. The van der Waals surface area contributed by atoms with E-state index in [-0.39, 0.29) is 5.97 Å². The van der Waals surface area contributed by atoms with Crippen molar-refractivity contribution in [2.24, 2.45) is 0 Å². The van der Waals surface area contributed by atoms with Crippen molar-refractivity contribution in [1.82, 2.24) is 0 Å². The maximum absolute atomic E-state index is 10.7. The first-order valence-corrected chi connectivity index (χ1v) is 7.21. The summed E-state index contributed by atoms with van der Waals surface area (Å²) in [6.45, 7) is 7.93. The van der Waals surface area contributed by atoms with E-state index in [2.05, 4.69) is 24.4 Å². The second kappa shape index (κ2) is 4.30. The lowest BCUT2D eigenvalue weighted by atomic mass is 10.5. The Morgan fingerprint density at radius 3 is 2.17 bits per heavy atom. The van der Waals surface area contributed by atoms with Crippen LogP contribution in [0, 0.1) is 0 Å². The second-order valence-electron chi connectivity index (χ2n) is 3.49. The van der Waals surface area contributed by atoms with E-state index in [1.807, 2.05) is 0 Å². The molecule has 0 N–H and O–H groups in total. The Morgan fingerprint density at radius 2 is 1.83 bits per heavy atom. The van der Waals surface area contributed by atoms with E-state index in [4.69, 9.17) is 4.43 Å². The SMILES string of the molecule is COC(=O)/C=C(/C)O[Si](C)(C)C. The number of carbonyl (C=O) groups excluding carboxylic acids is 1. The summed E-state index contributed by atoms with van der Waals surface area (Å²) in [5.74, 6) is 0.256. The van der Waals surface area contributed by atoms with E-state index in [1.54, 1.807) is 6.92 Å². The van der Waals surface area contributed by atoms with Crippen LogP contribution in [0.2, 0.25) is 19.6 Å². The molecule has 0 radical (unpaired) electrons. The van der Waals surface area contributed by atoms with Gasteiger partial charge in [-0.1, -0.05) is 0 Å². The molecular weight excluding hydrogens is 172 g/mol. The molecule has 0 unspecified atom stereocenters. The molecule has 4 heteroatoms. The standard InChI is InChI=1S/C8H16O3Si/c1-7(6-8(9)10-2)11-12(3,4)5/h6H,1-5H3/b7-6-. The zero-order valence-electron chi connectivity index (χ0n) is 8.30. The first kappa shape index (κ1) is 11.2. The minimum absolute atomic E-state index is 0.370. The predicted molar refractivity (Wildman–Crippen MR) is 50.2 cm³/mol. The number of hydrogen-bond donors (Lipinski definition) is 0. The van der Waals surface area contributed by atoms with Crippen molar-refractivity contribution in [2.45, 2.75) is 26.6 Å². The van der Waals surface area contributed by atoms with Crippen molar-refractivity contribution in [3.8, 4) is 0 Å². The van der Waals surface area contributed by atoms with Gasteiger partial charge in [-0.05, 0) is 26.6 Å². The number of allylic oxidation sites excluding steroid dienone is 1. The van der Waals surface area contributed by atoms with Crippen LogP contribution in [0.4, 0.5) is 0 Å². The quantitative estimate of drug-likeness (QED) is 0.294. The van der Waals surface area contributed by atoms with Crippen LogP contribution in [0.1, 0.15) is 6.92 Å². The summed E-state index contributed by atoms with van der Waals surface area (Å²) in [6.07, 6.45) is 1.36. The molecule has 0 fully saturated rings. The highest BCUT2D eigenvalue weighted by Gasteiger charge is 2.16. The Labute approximate surface area is 74.5 Å². The average molecular weight is 188 g/mol. The molecule has 3 nitrogen and oxygen atoms in total. The van der Waals surface area contributed by atoms with E-state index < -0.39 is 8.32 Å². The first-order valence-electron chi connectivity index (χ1n) is 3.80. The Hall–Kier alpha value is -0.773. The number of methoxy groups -OCH3 is 1. The van der Waals surface area contributed by atoms with Gasteiger partial charge in [0.15, 0.2) is 0 Å². The van der Waals surface area contributed by atoms with Gasteiger partial charge in [-0.15, -0.1) is 0 Å². The molecule has 0 aliphatic heterocycles. The van der Waals surface area contributed by atoms with Crippen LogP contribution >= 0.6 is 0 Å². The summed E-state index contributed by atoms with van der Waals surface area (Å²) in [5.41, 5.74) is 0. The number of carbonyl (C=O) groups is 1. The third-order valence-corrected chi connectivity index (χ3v) is 1.92.